The summed E-state index contributed by atoms with van der Waals surface area (Å²) >= 11 is 1.20. The lowest BCUT2D eigenvalue weighted by atomic mass is 9.96. The van der Waals surface area contributed by atoms with Gasteiger partial charge >= 0.3 is 20.1 Å². The molecule has 5 N–H and O–H groups in total. The SMILES string of the molecule is CC(C)(C)CNc1c(C#N)cnc2c(C#N)cc(N(C(=O)OCOP(=O)(O)O)[C@H](C3=CN(C4(C(F)(F)F)CC4)NN3)c3cccc4ncsc34)cc12. The highest BCUT2D eigenvalue weighted by Crippen LogP contribution is 2.54. The summed E-state index contributed by atoms with van der Waals surface area (Å²) in [6.45, 7) is 5.07. The van der Waals surface area contributed by atoms with Crippen molar-refractivity contribution < 1.29 is 41.6 Å². The molecular formula is C32H31F3N9O6PS. The lowest BCUT2D eigenvalue weighted by molar-refractivity contribution is -0.195. The predicted molar refractivity (Wildman–Crippen MR) is 183 cm³/mol. The normalized spacial score (nSPS) is 16.1. The minimum Gasteiger partial charge on any atom is -0.421 e. The van der Waals surface area contributed by atoms with Crippen molar-refractivity contribution in [2.75, 3.05) is 23.6 Å². The van der Waals surface area contributed by atoms with Gasteiger partial charge in [0.1, 0.15) is 18.2 Å². The number of alkyl halides is 3. The van der Waals surface area contributed by atoms with Crippen LogP contribution in [0.3, 0.4) is 0 Å². The lowest BCUT2D eigenvalue weighted by Gasteiger charge is -2.32. The summed E-state index contributed by atoms with van der Waals surface area (Å²) in [7, 11) is -5.11. The number of fused-ring (bicyclic) bond motifs is 2. The van der Waals surface area contributed by atoms with Crippen molar-refractivity contribution in [1.82, 2.24) is 25.9 Å². The topological polar surface area (TPSA) is 209 Å². The molecule has 0 saturated heterocycles. The second-order valence-corrected chi connectivity index (χ2v) is 15.4. The van der Waals surface area contributed by atoms with Gasteiger partial charge in [-0.3, -0.25) is 14.9 Å². The van der Waals surface area contributed by atoms with Gasteiger partial charge in [0, 0.05) is 29.9 Å². The molecule has 1 fully saturated rings. The molecule has 3 heterocycles. The Morgan fingerprint density at radius 2 is 1.92 bits per heavy atom. The zero-order valence-electron chi connectivity index (χ0n) is 27.7. The monoisotopic (exact) mass is 757 g/mol. The van der Waals surface area contributed by atoms with Crippen LogP contribution in [0.2, 0.25) is 0 Å². The number of hydrazine groups is 2. The van der Waals surface area contributed by atoms with Crippen molar-refractivity contribution >= 4 is 57.7 Å². The quantitative estimate of drug-likeness (QED) is 0.0921. The number of hydrogen-bond acceptors (Lipinski definition) is 13. The first-order chi connectivity index (χ1) is 24.5. The standard InChI is InChI=1S/C32H31F3N9O6PS/c1-30(2,3)15-39-26-19(12-37)13-38-25-18(11-36)9-20(10-22(25)26)44(29(45)49-17-50-51(46,47)48)27(21-5-4-6-23-28(21)52-16-40-23)24-14-43(42-41-24)31(7-8-31)32(33,34)35/h4-6,9-10,13-14,16,27,41-42H,7-8,15,17H2,1-3H3,(H,38,39)(H2,46,47,48)/t27-/m0/s1. The van der Waals surface area contributed by atoms with Gasteiger partial charge in [0.25, 0.3) is 0 Å². The molecule has 2 aliphatic rings. The molecule has 52 heavy (non-hydrogen) atoms. The average Bonchev–Trinajstić information content (AvgIpc) is 3.51. The Hall–Kier alpha value is -5.01. The number of nitrogens with zero attached hydrogens (tertiary/aromatic N) is 6. The van der Waals surface area contributed by atoms with Crippen LogP contribution in [0.1, 0.15) is 56.3 Å². The molecule has 0 spiro atoms. The Labute approximate surface area is 298 Å². The first-order valence-electron chi connectivity index (χ1n) is 15.5. The van der Waals surface area contributed by atoms with Crippen LogP contribution in [0.5, 0.6) is 0 Å². The fourth-order valence-corrected chi connectivity index (χ4v) is 6.78. The maximum Gasteiger partial charge on any atom is 0.472 e. The molecule has 2 aromatic heterocycles. The third-order valence-electron chi connectivity index (χ3n) is 8.41. The molecule has 1 saturated carbocycles. The average molecular weight is 758 g/mol. The molecule has 1 aliphatic carbocycles. The number of phosphoric acid groups is 1. The van der Waals surface area contributed by atoms with Gasteiger partial charge in [0.2, 0.25) is 6.79 Å². The van der Waals surface area contributed by atoms with Crippen molar-refractivity contribution in [3.63, 3.8) is 0 Å². The van der Waals surface area contributed by atoms with Gasteiger partial charge in [-0.15, -0.1) is 16.9 Å². The largest absolute Gasteiger partial charge is 0.472 e. The molecule has 1 amide bonds. The number of ether oxygens (including phenoxy) is 1. The Kier molecular flexibility index (Phi) is 9.56. The molecule has 0 radical (unpaired) electrons. The van der Waals surface area contributed by atoms with Gasteiger partial charge in [-0.05, 0) is 36.5 Å². The molecule has 0 bridgehead atoms. The number of nitriles is 2. The number of rotatable bonds is 10. The number of anilines is 2. The summed E-state index contributed by atoms with van der Waals surface area (Å²) < 4.78 is 64.4. The van der Waals surface area contributed by atoms with Crippen molar-refractivity contribution in [1.29, 1.82) is 10.5 Å². The fraction of sp³-hybridized carbons (Fsp3) is 0.344. The van der Waals surface area contributed by atoms with E-state index in [4.69, 9.17) is 4.74 Å². The number of halogens is 3. The van der Waals surface area contributed by atoms with Crippen LogP contribution in [0.25, 0.3) is 21.1 Å². The summed E-state index contributed by atoms with van der Waals surface area (Å²) in [5, 5.41) is 24.7. The number of carbonyl (C=O) groups is 1. The van der Waals surface area contributed by atoms with Crippen molar-refractivity contribution in [2.24, 2.45) is 5.41 Å². The van der Waals surface area contributed by atoms with E-state index in [0.717, 1.165) is 9.91 Å². The van der Waals surface area contributed by atoms with E-state index in [1.165, 1.54) is 35.9 Å². The van der Waals surface area contributed by atoms with Crippen LogP contribution in [0, 0.1) is 28.1 Å². The second-order valence-electron chi connectivity index (χ2n) is 13.3. The van der Waals surface area contributed by atoms with E-state index in [2.05, 4.69) is 42.9 Å². The van der Waals surface area contributed by atoms with Crippen LogP contribution in [0.4, 0.5) is 29.3 Å². The Morgan fingerprint density at radius 1 is 1.19 bits per heavy atom. The Morgan fingerprint density at radius 3 is 2.56 bits per heavy atom. The smallest absolute Gasteiger partial charge is 0.421 e. The molecule has 1 aliphatic heterocycles. The number of nitrogens with one attached hydrogen (secondary N) is 3. The highest BCUT2D eigenvalue weighted by molar-refractivity contribution is 7.46. The Balaban J connectivity index is 1.60. The van der Waals surface area contributed by atoms with Crippen molar-refractivity contribution in [3.8, 4) is 12.1 Å². The predicted octanol–water partition coefficient (Wildman–Crippen LogP) is 6.06. The Bertz CT molecular complexity index is 2220. The summed E-state index contributed by atoms with van der Waals surface area (Å²) in [5.74, 6) is 0. The first-order valence-corrected chi connectivity index (χ1v) is 18.0. The third-order valence-corrected chi connectivity index (χ3v) is 9.74. The number of thiazole rings is 1. The van der Waals surface area contributed by atoms with Crippen molar-refractivity contribution in [3.05, 3.63) is 70.6 Å². The number of amides is 1. The molecule has 0 unspecified atom stereocenters. The van der Waals surface area contributed by atoms with Crippen LogP contribution >= 0.6 is 19.2 Å². The van der Waals surface area contributed by atoms with Gasteiger partial charge in [0.15, 0.2) is 5.54 Å². The van der Waals surface area contributed by atoms with E-state index in [1.54, 1.807) is 23.7 Å². The van der Waals surface area contributed by atoms with Crippen LogP contribution < -0.4 is 21.2 Å². The van der Waals surface area contributed by atoms with E-state index in [0.29, 0.717) is 28.0 Å². The molecule has 6 rings (SSSR count). The molecule has 15 nitrogen and oxygen atoms in total. The lowest BCUT2D eigenvalue weighted by Crippen LogP contribution is -2.52. The van der Waals surface area contributed by atoms with Gasteiger partial charge in [-0.25, -0.2) is 18.9 Å². The van der Waals surface area contributed by atoms with Crippen LogP contribution in [-0.4, -0.2) is 55.9 Å². The maximum atomic E-state index is 14.2. The van der Waals surface area contributed by atoms with Crippen LogP contribution in [-0.2, 0) is 13.8 Å². The molecule has 2 aromatic carbocycles. The number of aromatic nitrogens is 2. The third kappa shape index (κ3) is 7.20. The van der Waals surface area contributed by atoms with E-state index < -0.39 is 38.5 Å². The van der Waals surface area contributed by atoms with Gasteiger partial charge in [0.05, 0.1) is 49.4 Å². The highest BCUT2D eigenvalue weighted by Gasteiger charge is 2.67. The zero-order chi connectivity index (χ0) is 37.6. The molecule has 272 valence electrons. The molecule has 20 heteroatoms. The van der Waals surface area contributed by atoms with Crippen molar-refractivity contribution in [2.45, 2.75) is 51.4 Å². The number of benzene rings is 2. The van der Waals surface area contributed by atoms with Gasteiger partial charge in [-0.1, -0.05) is 32.9 Å². The first kappa shape index (κ1) is 36.8. The minimum atomic E-state index is -5.11. The van der Waals surface area contributed by atoms with Gasteiger partial charge < -0.3 is 25.3 Å². The number of pyridine rings is 1. The summed E-state index contributed by atoms with van der Waals surface area (Å²) in [6.07, 6.45) is -3.74. The molecule has 4 aromatic rings. The van der Waals surface area contributed by atoms with Crippen LogP contribution in [0.15, 0.2) is 53.9 Å². The number of phosphoric ester groups is 1. The maximum absolute atomic E-state index is 14.2. The zero-order valence-corrected chi connectivity index (χ0v) is 29.4. The second kappa shape index (κ2) is 13.5. The summed E-state index contributed by atoms with van der Waals surface area (Å²) in [6, 6.07) is 10.6. The molecule has 1 atom stereocenters. The minimum absolute atomic E-state index is 0.0306. The summed E-state index contributed by atoms with van der Waals surface area (Å²) in [5.41, 5.74) is 5.92. The van der Waals surface area contributed by atoms with E-state index in [1.807, 2.05) is 20.8 Å². The van der Waals surface area contributed by atoms with Gasteiger partial charge in [-0.2, -0.15) is 23.7 Å². The van der Waals surface area contributed by atoms with E-state index in [-0.39, 0.29) is 51.7 Å². The number of hydrogen-bond donors (Lipinski definition) is 5. The highest BCUT2D eigenvalue weighted by atomic mass is 32.1. The molecular weight excluding hydrogens is 726 g/mol. The summed E-state index contributed by atoms with van der Waals surface area (Å²) in [4.78, 5) is 42.5. The van der Waals surface area contributed by atoms with E-state index in [9.17, 15) is 42.8 Å². The number of carbonyl (C=O) groups excluding carboxylic acids is 1. The fourth-order valence-electron chi connectivity index (χ4n) is 5.76. The van der Waals surface area contributed by atoms with E-state index >= 15 is 0 Å².